The van der Waals surface area contributed by atoms with E-state index in [1.165, 1.54) is 0 Å². The number of benzene rings is 1. The van der Waals surface area contributed by atoms with Crippen LogP contribution in [0.15, 0.2) is 24.8 Å². The van der Waals surface area contributed by atoms with Crippen molar-refractivity contribution in [3.63, 3.8) is 0 Å². The van der Waals surface area contributed by atoms with Gasteiger partial charge < -0.3 is 9.47 Å². The van der Waals surface area contributed by atoms with E-state index in [0.717, 1.165) is 36.2 Å². The molecule has 116 valence electrons. The van der Waals surface area contributed by atoms with Crippen molar-refractivity contribution >= 4 is 6.29 Å². The zero-order chi connectivity index (χ0) is 15.7. The summed E-state index contributed by atoms with van der Waals surface area (Å²) in [6, 6.07) is 3.79. The molecule has 0 amide bonds. The molecule has 21 heavy (non-hydrogen) atoms. The Hall–Kier alpha value is -1.61. The summed E-state index contributed by atoms with van der Waals surface area (Å²) in [7, 11) is 0. The summed E-state index contributed by atoms with van der Waals surface area (Å²) in [6.45, 7) is 11.9. The molecule has 3 nitrogen and oxygen atoms in total. The van der Waals surface area contributed by atoms with Crippen molar-refractivity contribution in [3.8, 4) is 5.75 Å². The average molecular weight is 290 g/mol. The lowest BCUT2D eigenvalue weighted by molar-refractivity contribution is 0.0998. The first-order valence-corrected chi connectivity index (χ1v) is 7.57. The van der Waals surface area contributed by atoms with Gasteiger partial charge in [-0.05, 0) is 42.0 Å². The molecule has 0 aliphatic heterocycles. The Kier molecular flexibility index (Phi) is 7.76. The van der Waals surface area contributed by atoms with E-state index in [1.54, 1.807) is 0 Å². The molecular formula is C18H26O3. The summed E-state index contributed by atoms with van der Waals surface area (Å²) >= 11 is 0. The smallest absolute Gasteiger partial charge is 0.150 e. The molecule has 0 aliphatic rings. The second kappa shape index (κ2) is 9.35. The van der Waals surface area contributed by atoms with Crippen molar-refractivity contribution < 1.29 is 14.3 Å². The number of carbonyl (C=O) groups excluding carboxylic acids is 1. The van der Waals surface area contributed by atoms with Crippen LogP contribution in [0.4, 0.5) is 0 Å². The molecule has 1 rings (SSSR count). The Morgan fingerprint density at radius 2 is 2.00 bits per heavy atom. The van der Waals surface area contributed by atoms with Crippen LogP contribution in [-0.2, 0) is 11.2 Å². The third kappa shape index (κ3) is 5.35. The number of aldehydes is 1. The molecule has 0 spiro atoms. The average Bonchev–Trinajstić information content (AvgIpc) is 2.47. The molecule has 0 heterocycles. The molecule has 0 radical (unpaired) electrons. The van der Waals surface area contributed by atoms with Crippen LogP contribution in [0.2, 0.25) is 0 Å². The lowest BCUT2D eigenvalue weighted by Gasteiger charge is -2.18. The van der Waals surface area contributed by atoms with Crippen LogP contribution in [0.25, 0.3) is 0 Å². The Labute approximate surface area is 128 Å². The van der Waals surface area contributed by atoms with Gasteiger partial charge in [0.2, 0.25) is 0 Å². The van der Waals surface area contributed by atoms with Crippen molar-refractivity contribution in [2.45, 2.75) is 39.5 Å². The van der Waals surface area contributed by atoms with Crippen LogP contribution in [-0.4, -0.2) is 26.1 Å². The van der Waals surface area contributed by atoms with Gasteiger partial charge in [-0.15, -0.1) is 6.58 Å². The molecule has 0 aliphatic carbocycles. The monoisotopic (exact) mass is 290 g/mol. The van der Waals surface area contributed by atoms with Gasteiger partial charge in [0, 0.05) is 12.2 Å². The van der Waals surface area contributed by atoms with Crippen LogP contribution in [0.3, 0.4) is 0 Å². The maximum atomic E-state index is 11.1. The van der Waals surface area contributed by atoms with E-state index < -0.39 is 0 Å². The summed E-state index contributed by atoms with van der Waals surface area (Å²) in [5.74, 6) is 1.16. The van der Waals surface area contributed by atoms with Crippen molar-refractivity contribution in [2.24, 2.45) is 0 Å². The van der Waals surface area contributed by atoms with Crippen LogP contribution in [0.5, 0.6) is 5.75 Å². The fourth-order valence-electron chi connectivity index (χ4n) is 2.17. The first-order valence-electron chi connectivity index (χ1n) is 7.57. The van der Waals surface area contributed by atoms with E-state index >= 15 is 0 Å². The largest absolute Gasteiger partial charge is 0.491 e. The lowest BCUT2D eigenvalue weighted by Crippen LogP contribution is -2.10. The molecule has 0 unspecified atom stereocenters. The van der Waals surface area contributed by atoms with Crippen molar-refractivity contribution in [1.29, 1.82) is 0 Å². The molecule has 0 bridgehead atoms. The van der Waals surface area contributed by atoms with Crippen molar-refractivity contribution in [2.75, 3.05) is 19.8 Å². The Bertz CT molecular complexity index is 464. The van der Waals surface area contributed by atoms with Gasteiger partial charge in [0.15, 0.2) is 0 Å². The number of allylic oxidation sites excluding steroid dienone is 1. The second-order valence-electron chi connectivity index (χ2n) is 5.32. The summed E-state index contributed by atoms with van der Waals surface area (Å²) in [6.07, 6.45) is 4.40. The third-order valence-electron chi connectivity index (χ3n) is 3.16. The SMILES string of the molecule is C=CCc1cc(C=O)cc(C(C)C)c1OCCOCCC. The highest BCUT2D eigenvalue weighted by Crippen LogP contribution is 2.32. The second-order valence-corrected chi connectivity index (χ2v) is 5.32. The van der Waals surface area contributed by atoms with Crippen molar-refractivity contribution in [3.05, 3.63) is 41.5 Å². The van der Waals surface area contributed by atoms with Crippen LogP contribution in [0.1, 0.15) is 54.6 Å². The van der Waals surface area contributed by atoms with Gasteiger partial charge in [0.1, 0.15) is 18.6 Å². The molecule has 3 heteroatoms. The van der Waals surface area contributed by atoms with E-state index in [-0.39, 0.29) is 0 Å². The lowest BCUT2D eigenvalue weighted by atomic mass is 9.95. The maximum Gasteiger partial charge on any atom is 0.150 e. The van der Waals surface area contributed by atoms with Crippen LogP contribution in [0, 0.1) is 0 Å². The predicted octanol–water partition coefficient (Wildman–Crippen LogP) is 4.16. The van der Waals surface area contributed by atoms with Gasteiger partial charge in [-0.3, -0.25) is 4.79 Å². The minimum atomic E-state index is 0.292. The highest BCUT2D eigenvalue weighted by atomic mass is 16.5. The summed E-state index contributed by atoms with van der Waals surface area (Å²) in [5.41, 5.74) is 2.76. The molecule has 1 aromatic carbocycles. The Morgan fingerprint density at radius 1 is 1.24 bits per heavy atom. The van der Waals surface area contributed by atoms with Gasteiger partial charge in [-0.1, -0.05) is 26.8 Å². The molecule has 0 saturated heterocycles. The fraction of sp³-hybridized carbons (Fsp3) is 0.500. The first kappa shape index (κ1) is 17.4. The van der Waals surface area contributed by atoms with E-state index in [9.17, 15) is 4.79 Å². The zero-order valence-electron chi connectivity index (χ0n) is 13.4. The molecule has 0 fully saturated rings. The summed E-state index contributed by atoms with van der Waals surface area (Å²) in [5, 5.41) is 0. The van der Waals surface area contributed by atoms with E-state index in [0.29, 0.717) is 31.1 Å². The quantitative estimate of drug-likeness (QED) is 0.369. The molecule has 1 aromatic rings. The molecule has 0 atom stereocenters. The topological polar surface area (TPSA) is 35.5 Å². The number of ether oxygens (including phenoxy) is 2. The maximum absolute atomic E-state index is 11.1. The third-order valence-corrected chi connectivity index (χ3v) is 3.16. The van der Waals surface area contributed by atoms with Gasteiger partial charge in [-0.2, -0.15) is 0 Å². The van der Waals surface area contributed by atoms with Crippen molar-refractivity contribution in [1.82, 2.24) is 0 Å². The van der Waals surface area contributed by atoms with Gasteiger partial charge >= 0.3 is 0 Å². The molecule has 0 aromatic heterocycles. The number of hydrogen-bond donors (Lipinski definition) is 0. The number of rotatable bonds is 10. The van der Waals surface area contributed by atoms with Gasteiger partial charge in [0.05, 0.1) is 6.61 Å². The Balaban J connectivity index is 2.95. The minimum absolute atomic E-state index is 0.292. The fourth-order valence-corrected chi connectivity index (χ4v) is 2.17. The normalized spacial score (nSPS) is 10.7. The van der Waals surface area contributed by atoms with Crippen LogP contribution < -0.4 is 4.74 Å². The van der Waals surface area contributed by atoms with Crippen LogP contribution >= 0.6 is 0 Å². The van der Waals surface area contributed by atoms with E-state index in [4.69, 9.17) is 9.47 Å². The highest BCUT2D eigenvalue weighted by Gasteiger charge is 2.14. The Morgan fingerprint density at radius 3 is 2.57 bits per heavy atom. The molecule has 0 N–H and O–H groups in total. The zero-order valence-corrected chi connectivity index (χ0v) is 13.4. The van der Waals surface area contributed by atoms with E-state index in [2.05, 4.69) is 27.4 Å². The summed E-state index contributed by atoms with van der Waals surface area (Å²) in [4.78, 5) is 11.1. The highest BCUT2D eigenvalue weighted by molar-refractivity contribution is 5.76. The first-order chi connectivity index (χ1) is 10.1. The standard InChI is InChI=1S/C18H26O3/c1-5-7-16-11-15(13-19)12-17(14(3)4)18(16)21-10-9-20-8-6-2/h5,11-14H,1,6-10H2,2-4H3. The summed E-state index contributed by atoms with van der Waals surface area (Å²) < 4.78 is 11.4. The number of carbonyl (C=O) groups is 1. The minimum Gasteiger partial charge on any atom is -0.491 e. The number of hydrogen-bond acceptors (Lipinski definition) is 3. The van der Waals surface area contributed by atoms with Gasteiger partial charge in [0.25, 0.3) is 0 Å². The van der Waals surface area contributed by atoms with E-state index in [1.807, 2.05) is 18.2 Å². The predicted molar refractivity (Wildman–Crippen MR) is 86.4 cm³/mol. The molecular weight excluding hydrogens is 264 g/mol. The molecule has 0 saturated carbocycles. The van der Waals surface area contributed by atoms with Gasteiger partial charge in [-0.25, -0.2) is 0 Å².